The number of aryl methyl sites for hydroxylation is 1. The van der Waals surface area contributed by atoms with Crippen molar-refractivity contribution in [2.75, 3.05) is 6.54 Å². The Morgan fingerprint density at radius 2 is 2.12 bits per heavy atom. The van der Waals surface area contributed by atoms with Crippen molar-refractivity contribution >= 4 is 11.9 Å². The molecule has 0 radical (unpaired) electrons. The zero-order chi connectivity index (χ0) is 12.1. The van der Waals surface area contributed by atoms with Crippen molar-refractivity contribution in [2.45, 2.75) is 13.3 Å². The summed E-state index contributed by atoms with van der Waals surface area (Å²) in [5.41, 5.74) is 1.66. The van der Waals surface area contributed by atoms with Gasteiger partial charge in [0.2, 0.25) is 0 Å². The lowest BCUT2D eigenvalue weighted by molar-refractivity contribution is -0.150. The summed E-state index contributed by atoms with van der Waals surface area (Å²) < 4.78 is 12.8. The minimum absolute atomic E-state index is 0.220. The third-order valence-electron chi connectivity index (χ3n) is 2.18. The molecule has 0 unspecified atom stereocenters. The highest BCUT2D eigenvalue weighted by Crippen LogP contribution is 2.10. The molecule has 0 fully saturated rings. The van der Waals surface area contributed by atoms with Gasteiger partial charge in [-0.2, -0.15) is 0 Å². The molecule has 0 aliphatic carbocycles. The first kappa shape index (κ1) is 12.2. The Labute approximate surface area is 92.1 Å². The Hall–Kier alpha value is -1.91. The summed E-state index contributed by atoms with van der Waals surface area (Å²) >= 11 is 0. The molecule has 0 atom stereocenters. The van der Waals surface area contributed by atoms with Crippen LogP contribution in [0, 0.1) is 12.7 Å². The molecule has 16 heavy (non-hydrogen) atoms. The number of aliphatic carboxylic acids is 1. The van der Waals surface area contributed by atoms with Gasteiger partial charge in [-0.1, -0.05) is 6.07 Å². The molecular formula is C11H12FNO3. The van der Waals surface area contributed by atoms with Crippen LogP contribution >= 0.6 is 0 Å². The van der Waals surface area contributed by atoms with Gasteiger partial charge in [-0.3, -0.25) is 4.79 Å². The van der Waals surface area contributed by atoms with E-state index < -0.39 is 11.9 Å². The number of halogens is 1. The lowest BCUT2D eigenvalue weighted by atomic mass is 10.1. The predicted molar refractivity (Wildman–Crippen MR) is 55.5 cm³/mol. The average Bonchev–Trinajstić information content (AvgIpc) is 2.20. The largest absolute Gasteiger partial charge is 0.474 e. The highest BCUT2D eigenvalue weighted by Gasteiger charge is 2.09. The number of hydrogen-bond acceptors (Lipinski definition) is 2. The smallest absolute Gasteiger partial charge is 0.394 e. The lowest BCUT2D eigenvalue weighted by Gasteiger charge is -2.06. The first-order valence-corrected chi connectivity index (χ1v) is 4.77. The Kier molecular flexibility index (Phi) is 3.99. The van der Waals surface area contributed by atoms with Crippen LogP contribution in [-0.2, 0) is 16.0 Å². The van der Waals surface area contributed by atoms with Crippen molar-refractivity contribution in [3.05, 3.63) is 35.1 Å². The summed E-state index contributed by atoms with van der Waals surface area (Å²) in [5.74, 6) is -2.84. The molecule has 1 aromatic carbocycles. The fourth-order valence-electron chi connectivity index (χ4n) is 1.33. The van der Waals surface area contributed by atoms with Gasteiger partial charge >= 0.3 is 11.9 Å². The van der Waals surface area contributed by atoms with Crippen molar-refractivity contribution in [2.24, 2.45) is 0 Å². The van der Waals surface area contributed by atoms with Gasteiger partial charge in [-0.15, -0.1) is 0 Å². The molecule has 0 bridgehead atoms. The van der Waals surface area contributed by atoms with Crippen molar-refractivity contribution in [1.29, 1.82) is 0 Å². The molecule has 86 valence electrons. The van der Waals surface area contributed by atoms with E-state index in [1.165, 1.54) is 12.1 Å². The summed E-state index contributed by atoms with van der Waals surface area (Å²) in [7, 11) is 0. The van der Waals surface area contributed by atoms with Crippen LogP contribution in [-0.4, -0.2) is 23.5 Å². The molecule has 1 aromatic rings. The number of rotatable bonds is 3. The molecule has 4 nitrogen and oxygen atoms in total. The van der Waals surface area contributed by atoms with E-state index in [9.17, 15) is 14.0 Å². The molecule has 0 saturated heterocycles. The van der Waals surface area contributed by atoms with E-state index in [-0.39, 0.29) is 12.4 Å². The number of benzene rings is 1. The van der Waals surface area contributed by atoms with Crippen LogP contribution in [0.2, 0.25) is 0 Å². The number of carbonyl (C=O) groups is 2. The number of carboxylic acids is 1. The van der Waals surface area contributed by atoms with Gasteiger partial charge in [-0.05, 0) is 36.6 Å². The Morgan fingerprint density at radius 3 is 2.69 bits per heavy atom. The number of nitrogens with one attached hydrogen (secondary N) is 1. The molecule has 0 heterocycles. The molecule has 0 spiro atoms. The van der Waals surface area contributed by atoms with Gasteiger partial charge in [0.05, 0.1) is 0 Å². The molecule has 0 aliphatic heterocycles. The Bertz CT molecular complexity index is 418. The molecule has 2 N–H and O–H groups in total. The lowest BCUT2D eigenvalue weighted by Crippen LogP contribution is -2.32. The number of carboxylic acid groups (broad SMARTS) is 1. The maximum atomic E-state index is 12.8. The second-order valence-corrected chi connectivity index (χ2v) is 3.38. The first-order chi connectivity index (χ1) is 7.50. The zero-order valence-electron chi connectivity index (χ0n) is 8.79. The van der Waals surface area contributed by atoms with Crippen molar-refractivity contribution in [3.63, 3.8) is 0 Å². The van der Waals surface area contributed by atoms with Crippen LogP contribution in [0.1, 0.15) is 11.1 Å². The van der Waals surface area contributed by atoms with Crippen molar-refractivity contribution in [3.8, 4) is 0 Å². The Balaban J connectivity index is 2.49. The minimum atomic E-state index is -1.50. The minimum Gasteiger partial charge on any atom is -0.474 e. The van der Waals surface area contributed by atoms with Gasteiger partial charge < -0.3 is 10.4 Å². The van der Waals surface area contributed by atoms with Crippen LogP contribution in [0.25, 0.3) is 0 Å². The molecule has 0 aromatic heterocycles. The van der Waals surface area contributed by atoms with E-state index in [2.05, 4.69) is 5.32 Å². The number of amides is 1. The van der Waals surface area contributed by atoms with Crippen LogP contribution in [0.3, 0.4) is 0 Å². The van der Waals surface area contributed by atoms with Gasteiger partial charge in [0.25, 0.3) is 0 Å². The van der Waals surface area contributed by atoms with E-state index >= 15 is 0 Å². The van der Waals surface area contributed by atoms with Crippen molar-refractivity contribution < 1.29 is 19.1 Å². The third kappa shape index (κ3) is 3.34. The standard InChI is InChI=1S/C11H12FNO3/c1-7-6-9(12)3-2-8(7)4-5-13-10(14)11(15)16/h2-3,6H,4-5H2,1H3,(H,13,14)(H,15,16). The molecule has 0 saturated carbocycles. The Morgan fingerprint density at radius 1 is 1.44 bits per heavy atom. The fourth-order valence-corrected chi connectivity index (χ4v) is 1.33. The third-order valence-corrected chi connectivity index (χ3v) is 2.18. The van der Waals surface area contributed by atoms with Gasteiger partial charge in [0.1, 0.15) is 5.82 Å². The van der Waals surface area contributed by atoms with E-state index in [1.807, 2.05) is 0 Å². The van der Waals surface area contributed by atoms with E-state index in [4.69, 9.17) is 5.11 Å². The number of carbonyl (C=O) groups excluding carboxylic acids is 1. The zero-order valence-corrected chi connectivity index (χ0v) is 8.79. The molecule has 5 heteroatoms. The van der Waals surface area contributed by atoms with E-state index in [0.29, 0.717) is 6.42 Å². The monoisotopic (exact) mass is 225 g/mol. The molecule has 1 amide bonds. The predicted octanol–water partition coefficient (Wildman–Crippen LogP) is 0.877. The maximum Gasteiger partial charge on any atom is 0.394 e. The summed E-state index contributed by atoms with van der Waals surface area (Å²) in [4.78, 5) is 20.9. The number of hydrogen-bond donors (Lipinski definition) is 2. The summed E-state index contributed by atoms with van der Waals surface area (Å²) in [6.45, 7) is 1.98. The fraction of sp³-hybridized carbons (Fsp3) is 0.273. The second-order valence-electron chi connectivity index (χ2n) is 3.38. The van der Waals surface area contributed by atoms with E-state index in [1.54, 1.807) is 13.0 Å². The highest BCUT2D eigenvalue weighted by atomic mass is 19.1. The SMILES string of the molecule is Cc1cc(F)ccc1CCNC(=O)C(=O)O. The summed E-state index contributed by atoms with van der Waals surface area (Å²) in [6.07, 6.45) is 0.477. The van der Waals surface area contributed by atoms with Crippen molar-refractivity contribution in [1.82, 2.24) is 5.32 Å². The van der Waals surface area contributed by atoms with Gasteiger partial charge in [-0.25, -0.2) is 9.18 Å². The highest BCUT2D eigenvalue weighted by molar-refractivity contribution is 6.31. The summed E-state index contributed by atoms with van der Waals surface area (Å²) in [6, 6.07) is 4.35. The quantitative estimate of drug-likeness (QED) is 0.750. The normalized spacial score (nSPS) is 9.88. The van der Waals surface area contributed by atoms with E-state index in [0.717, 1.165) is 11.1 Å². The van der Waals surface area contributed by atoms with Crippen LogP contribution < -0.4 is 5.32 Å². The topological polar surface area (TPSA) is 66.4 Å². The van der Waals surface area contributed by atoms with Crippen LogP contribution in [0.15, 0.2) is 18.2 Å². The van der Waals surface area contributed by atoms with Crippen LogP contribution in [0.5, 0.6) is 0 Å². The molecule has 0 aliphatic rings. The first-order valence-electron chi connectivity index (χ1n) is 4.77. The summed E-state index contributed by atoms with van der Waals surface area (Å²) in [5, 5.41) is 10.5. The van der Waals surface area contributed by atoms with Gasteiger partial charge in [0.15, 0.2) is 0 Å². The maximum absolute atomic E-state index is 12.8. The van der Waals surface area contributed by atoms with Crippen LogP contribution in [0.4, 0.5) is 4.39 Å². The molecular weight excluding hydrogens is 213 g/mol. The van der Waals surface area contributed by atoms with Gasteiger partial charge in [0, 0.05) is 6.54 Å². The second kappa shape index (κ2) is 5.25. The molecule has 1 rings (SSSR count). The average molecular weight is 225 g/mol.